The summed E-state index contributed by atoms with van der Waals surface area (Å²) in [5.41, 5.74) is 1.13. The number of carboxylic acids is 1. The zero-order valence-corrected chi connectivity index (χ0v) is 12.7. The third-order valence-electron chi connectivity index (χ3n) is 3.00. The van der Waals surface area contributed by atoms with Crippen LogP contribution in [-0.2, 0) is 11.3 Å². The Bertz CT molecular complexity index is 790. The summed E-state index contributed by atoms with van der Waals surface area (Å²) in [5, 5.41) is 20.9. The lowest BCUT2D eigenvalue weighted by molar-refractivity contribution is 0.0696. The molecule has 0 heterocycles. The number of benzene rings is 2. The molecule has 0 saturated heterocycles. The van der Waals surface area contributed by atoms with Crippen molar-refractivity contribution in [2.45, 2.75) is 6.61 Å². The fraction of sp³-hybridized carbons (Fsp3) is 0.111. The number of carbonyl (C=O) groups excluding carboxylic acids is 1. The summed E-state index contributed by atoms with van der Waals surface area (Å²) in [6.45, 7) is 0.200. The quantitative estimate of drug-likeness (QED) is 0.750. The largest absolute Gasteiger partial charge is 0.507 e. The van der Waals surface area contributed by atoms with E-state index in [0.29, 0.717) is 0 Å². The molecular formula is C18H15NO5. The van der Waals surface area contributed by atoms with Gasteiger partial charge >= 0.3 is 12.1 Å². The van der Waals surface area contributed by atoms with E-state index in [2.05, 4.69) is 17.2 Å². The normalized spacial score (nSPS) is 9.50. The summed E-state index contributed by atoms with van der Waals surface area (Å²) in [5.74, 6) is 3.94. The minimum Gasteiger partial charge on any atom is -0.507 e. The number of phenolic OH excluding ortho intramolecular Hbond substituents is 1. The molecule has 0 aliphatic carbocycles. The average molecular weight is 325 g/mol. The molecule has 0 unspecified atom stereocenters. The smallest absolute Gasteiger partial charge is 0.408 e. The highest BCUT2D eigenvalue weighted by atomic mass is 16.5. The number of hydrogen-bond donors (Lipinski definition) is 3. The molecule has 24 heavy (non-hydrogen) atoms. The first-order chi connectivity index (χ1) is 11.6. The Kier molecular flexibility index (Phi) is 5.81. The van der Waals surface area contributed by atoms with Crippen molar-refractivity contribution in [3.8, 4) is 17.6 Å². The summed E-state index contributed by atoms with van der Waals surface area (Å²) >= 11 is 0. The Balaban J connectivity index is 1.81. The van der Waals surface area contributed by atoms with Gasteiger partial charge in [0.1, 0.15) is 12.4 Å². The lowest BCUT2D eigenvalue weighted by Gasteiger charge is -2.04. The van der Waals surface area contributed by atoms with E-state index in [1.54, 1.807) is 0 Å². The summed E-state index contributed by atoms with van der Waals surface area (Å²) in [6.07, 6.45) is -0.599. The van der Waals surface area contributed by atoms with Crippen LogP contribution in [0.1, 0.15) is 21.5 Å². The van der Waals surface area contributed by atoms with Gasteiger partial charge in [-0.05, 0) is 23.8 Å². The summed E-state index contributed by atoms with van der Waals surface area (Å²) in [4.78, 5) is 22.3. The molecule has 0 bridgehead atoms. The van der Waals surface area contributed by atoms with Crippen molar-refractivity contribution < 1.29 is 24.5 Å². The van der Waals surface area contributed by atoms with Gasteiger partial charge in [-0.2, -0.15) is 0 Å². The number of rotatable bonds is 4. The summed E-state index contributed by atoms with van der Waals surface area (Å²) in [6, 6.07) is 13.1. The number of ether oxygens (including phenoxy) is 1. The van der Waals surface area contributed by atoms with E-state index in [9.17, 15) is 14.7 Å². The van der Waals surface area contributed by atoms with E-state index in [1.807, 2.05) is 30.3 Å². The van der Waals surface area contributed by atoms with Gasteiger partial charge < -0.3 is 20.3 Å². The van der Waals surface area contributed by atoms with Crippen molar-refractivity contribution in [3.05, 3.63) is 65.2 Å². The number of hydrogen-bond acceptors (Lipinski definition) is 4. The Morgan fingerprint density at radius 1 is 1.12 bits per heavy atom. The van der Waals surface area contributed by atoms with Crippen LogP contribution >= 0.6 is 0 Å². The monoisotopic (exact) mass is 325 g/mol. The number of alkyl carbamates (subject to hydrolysis) is 1. The van der Waals surface area contributed by atoms with E-state index in [-0.39, 0.29) is 30.0 Å². The zero-order valence-electron chi connectivity index (χ0n) is 12.7. The second kappa shape index (κ2) is 8.25. The van der Waals surface area contributed by atoms with Crippen LogP contribution in [0.5, 0.6) is 5.75 Å². The number of aromatic hydroxyl groups is 1. The molecule has 6 heteroatoms. The van der Waals surface area contributed by atoms with Crippen molar-refractivity contribution in [3.63, 3.8) is 0 Å². The fourth-order valence-electron chi connectivity index (χ4n) is 1.80. The molecule has 6 nitrogen and oxygen atoms in total. The van der Waals surface area contributed by atoms with Crippen molar-refractivity contribution >= 4 is 12.1 Å². The van der Waals surface area contributed by atoms with E-state index in [1.165, 1.54) is 12.1 Å². The SMILES string of the molecule is O=C(NCC#Cc1ccc(C(=O)O)cc1O)OCc1ccccc1. The lowest BCUT2D eigenvalue weighted by Crippen LogP contribution is -2.24. The first-order valence-corrected chi connectivity index (χ1v) is 7.06. The predicted octanol–water partition coefficient (Wildman–Crippen LogP) is 2.37. The van der Waals surface area contributed by atoms with E-state index >= 15 is 0 Å². The molecule has 0 saturated carbocycles. The van der Waals surface area contributed by atoms with Crippen LogP contribution in [0.15, 0.2) is 48.5 Å². The topological polar surface area (TPSA) is 95.9 Å². The molecular weight excluding hydrogens is 310 g/mol. The van der Waals surface area contributed by atoms with Crippen LogP contribution in [0.3, 0.4) is 0 Å². The van der Waals surface area contributed by atoms with Gasteiger partial charge in [-0.15, -0.1) is 0 Å². The minimum absolute atomic E-state index is 0.0272. The summed E-state index contributed by atoms with van der Waals surface area (Å²) in [7, 11) is 0. The van der Waals surface area contributed by atoms with Crippen LogP contribution < -0.4 is 5.32 Å². The Labute approximate surface area is 138 Å². The van der Waals surface area contributed by atoms with E-state index < -0.39 is 12.1 Å². The molecule has 0 aliphatic rings. The Morgan fingerprint density at radius 3 is 2.54 bits per heavy atom. The standard InChI is InChI=1S/C18H15NO5/c20-16-11-15(17(21)22)9-8-14(16)7-4-10-19-18(23)24-12-13-5-2-1-3-6-13/h1-3,5-6,8-9,11,20H,10,12H2,(H,19,23)(H,21,22). The van der Waals surface area contributed by atoms with Gasteiger partial charge in [0, 0.05) is 0 Å². The average Bonchev–Trinajstić information content (AvgIpc) is 2.58. The van der Waals surface area contributed by atoms with Crippen LogP contribution in [0.2, 0.25) is 0 Å². The number of phenols is 1. The molecule has 0 spiro atoms. The van der Waals surface area contributed by atoms with Gasteiger partial charge in [-0.1, -0.05) is 42.2 Å². The second-order valence-electron chi connectivity index (χ2n) is 4.75. The van der Waals surface area contributed by atoms with Gasteiger partial charge in [0.2, 0.25) is 0 Å². The van der Waals surface area contributed by atoms with Crippen molar-refractivity contribution in [1.29, 1.82) is 0 Å². The third-order valence-corrected chi connectivity index (χ3v) is 3.00. The highest BCUT2D eigenvalue weighted by molar-refractivity contribution is 5.88. The molecule has 2 rings (SSSR count). The molecule has 2 aromatic carbocycles. The predicted molar refractivity (Wildman–Crippen MR) is 86.6 cm³/mol. The van der Waals surface area contributed by atoms with Gasteiger partial charge in [0.15, 0.2) is 0 Å². The zero-order chi connectivity index (χ0) is 17.4. The number of carbonyl (C=O) groups is 2. The maximum absolute atomic E-state index is 11.5. The molecule has 122 valence electrons. The molecule has 2 aromatic rings. The molecule has 0 aromatic heterocycles. The van der Waals surface area contributed by atoms with Crippen LogP contribution in [0, 0.1) is 11.8 Å². The highest BCUT2D eigenvalue weighted by Crippen LogP contribution is 2.17. The third kappa shape index (κ3) is 5.07. The van der Waals surface area contributed by atoms with Gasteiger partial charge in [-0.3, -0.25) is 0 Å². The van der Waals surface area contributed by atoms with Gasteiger partial charge in [-0.25, -0.2) is 9.59 Å². The Morgan fingerprint density at radius 2 is 1.88 bits per heavy atom. The number of aromatic carboxylic acids is 1. The first-order valence-electron chi connectivity index (χ1n) is 7.06. The molecule has 0 radical (unpaired) electrons. The molecule has 0 fully saturated rings. The second-order valence-corrected chi connectivity index (χ2v) is 4.75. The molecule has 3 N–H and O–H groups in total. The summed E-state index contributed by atoms with van der Waals surface area (Å²) < 4.78 is 5.01. The minimum atomic E-state index is -1.13. The number of amides is 1. The van der Waals surface area contributed by atoms with Crippen LogP contribution in [0.25, 0.3) is 0 Å². The molecule has 0 aliphatic heterocycles. The maximum atomic E-state index is 11.5. The fourth-order valence-corrected chi connectivity index (χ4v) is 1.80. The van der Waals surface area contributed by atoms with Gasteiger partial charge in [0.05, 0.1) is 17.7 Å². The van der Waals surface area contributed by atoms with E-state index in [0.717, 1.165) is 11.6 Å². The van der Waals surface area contributed by atoms with Crippen molar-refractivity contribution in [2.75, 3.05) is 6.54 Å². The van der Waals surface area contributed by atoms with Crippen molar-refractivity contribution in [2.24, 2.45) is 0 Å². The first kappa shape index (κ1) is 16.9. The lowest BCUT2D eigenvalue weighted by atomic mass is 10.1. The van der Waals surface area contributed by atoms with Gasteiger partial charge in [0.25, 0.3) is 0 Å². The van der Waals surface area contributed by atoms with E-state index in [4.69, 9.17) is 9.84 Å². The Hall–Kier alpha value is -3.46. The van der Waals surface area contributed by atoms with Crippen LogP contribution in [-0.4, -0.2) is 28.8 Å². The van der Waals surface area contributed by atoms with Crippen molar-refractivity contribution in [1.82, 2.24) is 5.32 Å². The highest BCUT2D eigenvalue weighted by Gasteiger charge is 2.06. The molecule has 0 atom stereocenters. The maximum Gasteiger partial charge on any atom is 0.408 e. The molecule has 1 amide bonds. The van der Waals surface area contributed by atoms with Crippen LogP contribution in [0.4, 0.5) is 4.79 Å². The number of nitrogens with one attached hydrogen (secondary N) is 1. The number of carboxylic acid groups (broad SMARTS) is 1.